The Morgan fingerprint density at radius 3 is 2.24 bits per heavy atom. The number of amides is 4. The second-order valence-electron chi connectivity index (χ2n) is 12.2. The fourth-order valence-corrected chi connectivity index (χ4v) is 5.64. The summed E-state index contributed by atoms with van der Waals surface area (Å²) in [6, 6.07) is 11.2. The van der Waals surface area contributed by atoms with Gasteiger partial charge in [-0.05, 0) is 68.3 Å². The molecule has 0 bridgehead atoms. The fraction of sp³-hybridized carbons (Fsp3) is 0.395. The van der Waals surface area contributed by atoms with Gasteiger partial charge in [0.25, 0.3) is 11.8 Å². The predicted octanol–water partition coefficient (Wildman–Crippen LogP) is 4.05. The Morgan fingerprint density at radius 2 is 1.64 bits per heavy atom. The molecule has 0 saturated carbocycles. The van der Waals surface area contributed by atoms with Gasteiger partial charge in [-0.2, -0.15) is 5.06 Å². The van der Waals surface area contributed by atoms with Crippen LogP contribution in [0.4, 0.5) is 5.69 Å². The number of anilines is 1. The first-order valence-electron chi connectivity index (χ1n) is 17.8. The molecule has 6 N–H and O–H groups in total. The van der Waals surface area contributed by atoms with E-state index in [1.165, 1.54) is 30.3 Å². The number of furan rings is 1. The van der Waals surface area contributed by atoms with Crippen LogP contribution in [0.2, 0.25) is 0 Å². The summed E-state index contributed by atoms with van der Waals surface area (Å²) in [5.41, 5.74) is 1.36. The maximum Gasteiger partial charge on any atom is 0.363 e. The van der Waals surface area contributed by atoms with Crippen LogP contribution in [-0.4, -0.2) is 89.7 Å². The third-order valence-electron chi connectivity index (χ3n) is 8.50. The van der Waals surface area contributed by atoms with Gasteiger partial charge >= 0.3 is 17.9 Å². The Bertz CT molecular complexity index is 1810. The SMILES string of the molecule is CCCCCC(C(=O)NCNC(=O)c1ccc(-c2ccc(C(=O)NC(CC(=O)O)C(=O)O)c(OCC)c2)o1)C(CC)N(C=O)OC(=O)c1ccc(NC)cc1. The van der Waals surface area contributed by atoms with E-state index in [0.29, 0.717) is 31.2 Å². The minimum absolute atomic E-state index is 0.0466. The molecule has 17 heteroatoms. The topological polar surface area (TPSA) is 243 Å². The first-order valence-corrected chi connectivity index (χ1v) is 17.8. The summed E-state index contributed by atoms with van der Waals surface area (Å²) in [5, 5.41) is 29.5. The Balaban J connectivity index is 1.69. The van der Waals surface area contributed by atoms with Crippen LogP contribution >= 0.6 is 0 Å². The van der Waals surface area contributed by atoms with Gasteiger partial charge in [-0.25, -0.2) is 9.59 Å². The van der Waals surface area contributed by atoms with Gasteiger partial charge in [-0.3, -0.25) is 24.0 Å². The van der Waals surface area contributed by atoms with Gasteiger partial charge in [-0.1, -0.05) is 39.2 Å². The third kappa shape index (κ3) is 12.3. The number of nitrogens with zero attached hydrogens (tertiary/aromatic N) is 1. The molecule has 1 heterocycles. The first kappa shape index (κ1) is 43.0. The van der Waals surface area contributed by atoms with E-state index in [9.17, 15) is 38.7 Å². The van der Waals surface area contributed by atoms with E-state index in [4.69, 9.17) is 19.1 Å². The van der Waals surface area contributed by atoms with Crippen LogP contribution in [0.1, 0.15) is 90.6 Å². The van der Waals surface area contributed by atoms with E-state index in [1.807, 2.05) is 6.92 Å². The lowest BCUT2D eigenvalue weighted by Gasteiger charge is -2.31. The number of hydrogen-bond acceptors (Lipinski definition) is 11. The summed E-state index contributed by atoms with van der Waals surface area (Å²) in [6.07, 6.45) is 2.61. The summed E-state index contributed by atoms with van der Waals surface area (Å²) in [4.78, 5) is 92.3. The van der Waals surface area contributed by atoms with E-state index >= 15 is 0 Å². The molecule has 0 aliphatic rings. The molecule has 3 rings (SSSR count). The molecule has 55 heavy (non-hydrogen) atoms. The number of carbonyl (C=O) groups excluding carboxylic acids is 5. The third-order valence-corrected chi connectivity index (χ3v) is 8.50. The van der Waals surface area contributed by atoms with Gasteiger partial charge in [-0.15, -0.1) is 0 Å². The Kier molecular flexibility index (Phi) is 16.7. The Morgan fingerprint density at radius 1 is 0.909 bits per heavy atom. The molecule has 2 aromatic carbocycles. The van der Waals surface area contributed by atoms with Crippen molar-refractivity contribution in [1.82, 2.24) is 21.0 Å². The molecule has 0 aliphatic carbocycles. The van der Waals surface area contributed by atoms with Crippen molar-refractivity contribution in [3.05, 3.63) is 71.5 Å². The van der Waals surface area contributed by atoms with Crippen LogP contribution in [0, 0.1) is 5.92 Å². The zero-order chi connectivity index (χ0) is 40.5. The zero-order valence-electron chi connectivity index (χ0n) is 31.1. The van der Waals surface area contributed by atoms with E-state index in [-0.39, 0.29) is 41.7 Å². The van der Waals surface area contributed by atoms with Gasteiger partial charge in [0, 0.05) is 18.3 Å². The molecular formula is C38H47N5O12. The van der Waals surface area contributed by atoms with Gasteiger partial charge in [0.15, 0.2) is 5.76 Å². The van der Waals surface area contributed by atoms with Gasteiger partial charge in [0.2, 0.25) is 12.3 Å². The number of carboxylic acids is 2. The van der Waals surface area contributed by atoms with Crippen LogP contribution in [-0.2, 0) is 24.0 Å². The van der Waals surface area contributed by atoms with Crippen LogP contribution in [0.3, 0.4) is 0 Å². The maximum atomic E-state index is 13.5. The Labute approximate surface area is 317 Å². The number of carboxylic acid groups (broad SMARTS) is 2. The zero-order valence-corrected chi connectivity index (χ0v) is 31.1. The van der Waals surface area contributed by atoms with E-state index in [2.05, 4.69) is 21.3 Å². The molecule has 0 saturated heterocycles. The van der Waals surface area contributed by atoms with Crippen molar-refractivity contribution in [1.29, 1.82) is 0 Å². The van der Waals surface area contributed by atoms with E-state index in [1.54, 1.807) is 45.2 Å². The number of ether oxygens (including phenoxy) is 1. The van der Waals surface area contributed by atoms with Crippen molar-refractivity contribution in [2.24, 2.45) is 5.92 Å². The van der Waals surface area contributed by atoms with Crippen molar-refractivity contribution in [3.8, 4) is 17.1 Å². The molecule has 0 spiro atoms. The average Bonchev–Trinajstić information content (AvgIpc) is 3.67. The molecule has 4 amide bonds. The lowest BCUT2D eigenvalue weighted by Crippen LogP contribution is -2.49. The van der Waals surface area contributed by atoms with Crippen LogP contribution in [0.15, 0.2) is 59.0 Å². The second-order valence-corrected chi connectivity index (χ2v) is 12.2. The molecule has 296 valence electrons. The van der Waals surface area contributed by atoms with Crippen molar-refractivity contribution in [2.75, 3.05) is 25.6 Å². The molecule has 0 radical (unpaired) electrons. The van der Waals surface area contributed by atoms with Crippen LogP contribution in [0.5, 0.6) is 5.75 Å². The highest BCUT2D eigenvalue weighted by molar-refractivity contribution is 6.00. The molecular weight excluding hydrogens is 718 g/mol. The van der Waals surface area contributed by atoms with Crippen LogP contribution in [0.25, 0.3) is 11.3 Å². The second kappa shape index (κ2) is 21.3. The molecule has 0 fully saturated rings. The minimum atomic E-state index is -1.67. The van der Waals surface area contributed by atoms with Crippen molar-refractivity contribution in [3.63, 3.8) is 0 Å². The largest absolute Gasteiger partial charge is 0.493 e. The highest BCUT2D eigenvalue weighted by Crippen LogP contribution is 2.29. The lowest BCUT2D eigenvalue weighted by atomic mass is 9.90. The summed E-state index contributed by atoms with van der Waals surface area (Å²) in [7, 11) is 1.74. The quantitative estimate of drug-likeness (QED) is 0.0346. The summed E-state index contributed by atoms with van der Waals surface area (Å²) in [6.45, 7) is 5.30. The van der Waals surface area contributed by atoms with Gasteiger partial charge in [0.05, 0.1) is 42.8 Å². The van der Waals surface area contributed by atoms with Crippen LogP contribution < -0.4 is 26.0 Å². The highest BCUT2D eigenvalue weighted by atomic mass is 16.7. The number of benzene rings is 2. The van der Waals surface area contributed by atoms with Crippen molar-refractivity contribution < 1.29 is 57.8 Å². The molecule has 3 aromatic rings. The standard InChI is InChI=1S/C38H47N5O12/c1-5-8-9-10-26(29(6-2)43(22-44)55-38(52)23-11-14-25(39-4)15-12-23)34(47)40-21-41-36(49)31-18-17-30(54-31)24-13-16-27(32(19-24)53-7-3)35(48)42-28(37(50)51)20-33(45)46/h11-19,22,26,28-29,39H,5-10,20-21H2,1-4H3,(H,40,47)(H,41,49)(H,42,48)(H,45,46)(H,50,51). The number of rotatable bonds is 23. The summed E-state index contributed by atoms with van der Waals surface area (Å²) >= 11 is 0. The molecule has 17 nitrogen and oxygen atoms in total. The van der Waals surface area contributed by atoms with E-state index in [0.717, 1.165) is 23.6 Å². The number of carbonyl (C=O) groups is 7. The number of aliphatic carboxylic acids is 2. The Hall–Kier alpha value is -6.39. The number of nitrogens with one attached hydrogen (secondary N) is 4. The summed E-state index contributed by atoms with van der Waals surface area (Å²) in [5.74, 6) is -6.26. The summed E-state index contributed by atoms with van der Waals surface area (Å²) < 4.78 is 11.3. The fourth-order valence-electron chi connectivity index (χ4n) is 5.64. The smallest absolute Gasteiger partial charge is 0.363 e. The number of hydroxylamine groups is 2. The lowest BCUT2D eigenvalue weighted by molar-refractivity contribution is -0.171. The minimum Gasteiger partial charge on any atom is -0.493 e. The number of hydrogen-bond donors (Lipinski definition) is 6. The highest BCUT2D eigenvalue weighted by Gasteiger charge is 2.34. The normalized spacial score (nSPS) is 12.3. The molecule has 0 aliphatic heterocycles. The average molecular weight is 766 g/mol. The predicted molar refractivity (Wildman–Crippen MR) is 198 cm³/mol. The van der Waals surface area contributed by atoms with Gasteiger partial charge < -0.3 is 45.5 Å². The molecule has 1 aromatic heterocycles. The van der Waals surface area contributed by atoms with Gasteiger partial charge in [0.1, 0.15) is 17.6 Å². The van der Waals surface area contributed by atoms with Crippen molar-refractivity contribution >= 4 is 47.7 Å². The first-order chi connectivity index (χ1) is 26.4. The maximum absolute atomic E-state index is 13.5. The molecule has 3 atom stereocenters. The molecule has 3 unspecified atom stereocenters. The van der Waals surface area contributed by atoms with E-state index < -0.39 is 60.1 Å². The van der Waals surface area contributed by atoms with Crippen molar-refractivity contribution in [2.45, 2.75) is 71.4 Å². The monoisotopic (exact) mass is 765 g/mol. The number of unbranched alkanes of at least 4 members (excludes halogenated alkanes) is 2.